The van der Waals surface area contributed by atoms with Crippen LogP contribution >= 0.6 is 0 Å². The molecular weight excluding hydrogens is 264 g/mol. The van der Waals surface area contributed by atoms with Crippen molar-refractivity contribution in [3.8, 4) is 11.5 Å². The van der Waals surface area contributed by atoms with Gasteiger partial charge in [0.1, 0.15) is 13.2 Å². The first-order valence-electron chi connectivity index (χ1n) is 8.17. The van der Waals surface area contributed by atoms with Crippen LogP contribution in [0.2, 0.25) is 0 Å². The van der Waals surface area contributed by atoms with E-state index in [0.717, 1.165) is 24.6 Å². The van der Waals surface area contributed by atoms with Gasteiger partial charge in [0.15, 0.2) is 11.5 Å². The van der Waals surface area contributed by atoms with Crippen molar-refractivity contribution in [1.82, 2.24) is 5.32 Å². The fraction of sp³-hybridized carbons (Fsp3) is 0.647. The zero-order valence-electron chi connectivity index (χ0n) is 13.1. The Kier molecular flexibility index (Phi) is 4.54. The fourth-order valence-corrected chi connectivity index (χ4v) is 3.15. The molecule has 0 amide bonds. The molecule has 21 heavy (non-hydrogen) atoms. The van der Waals surface area contributed by atoms with Crippen molar-refractivity contribution in [1.29, 1.82) is 0 Å². The molecular formula is C17H26N2O2. The van der Waals surface area contributed by atoms with Crippen LogP contribution in [0.4, 0.5) is 5.69 Å². The summed E-state index contributed by atoms with van der Waals surface area (Å²) < 4.78 is 11.3. The van der Waals surface area contributed by atoms with E-state index in [0.29, 0.717) is 25.3 Å². The van der Waals surface area contributed by atoms with Crippen LogP contribution < -0.4 is 19.7 Å². The molecule has 2 aliphatic heterocycles. The zero-order valence-corrected chi connectivity index (χ0v) is 13.1. The van der Waals surface area contributed by atoms with Gasteiger partial charge in [0.25, 0.3) is 0 Å². The largest absolute Gasteiger partial charge is 0.486 e. The molecule has 1 aromatic rings. The number of nitrogens with zero attached hydrogens (tertiary/aromatic N) is 1. The van der Waals surface area contributed by atoms with E-state index in [4.69, 9.17) is 9.47 Å². The van der Waals surface area contributed by atoms with E-state index in [2.05, 4.69) is 36.2 Å². The number of fused-ring (bicyclic) bond motifs is 1. The number of anilines is 1. The van der Waals surface area contributed by atoms with E-state index in [1.165, 1.54) is 24.9 Å². The number of hydrogen-bond donors (Lipinski definition) is 1. The van der Waals surface area contributed by atoms with Gasteiger partial charge in [0.05, 0.1) is 0 Å². The monoisotopic (exact) mass is 290 g/mol. The summed E-state index contributed by atoms with van der Waals surface area (Å²) in [5.41, 5.74) is 1.25. The molecule has 0 bridgehead atoms. The predicted octanol–water partition coefficient (Wildman–Crippen LogP) is 2.81. The van der Waals surface area contributed by atoms with E-state index < -0.39 is 0 Å². The first kappa shape index (κ1) is 14.5. The Morgan fingerprint density at radius 3 is 2.71 bits per heavy atom. The zero-order chi connectivity index (χ0) is 14.7. The molecule has 0 radical (unpaired) electrons. The third kappa shape index (κ3) is 3.43. The second-order valence-corrected chi connectivity index (χ2v) is 6.07. The minimum atomic E-state index is 0.579. The standard InChI is InChI=1S/C17H26N2O2/c1-3-14-7-9-19(8-6-13(2)18-14)15-4-5-16-17(12-15)21-11-10-20-16/h4-5,12-14,18H,3,6-11H2,1-2H3. The van der Waals surface area contributed by atoms with Gasteiger partial charge in [-0.15, -0.1) is 0 Å². The molecule has 4 nitrogen and oxygen atoms in total. The Morgan fingerprint density at radius 1 is 1.14 bits per heavy atom. The third-order valence-corrected chi connectivity index (χ3v) is 4.48. The van der Waals surface area contributed by atoms with Crippen molar-refractivity contribution in [2.45, 2.75) is 45.2 Å². The minimum Gasteiger partial charge on any atom is -0.486 e. The summed E-state index contributed by atoms with van der Waals surface area (Å²) in [6.07, 6.45) is 3.56. The second-order valence-electron chi connectivity index (χ2n) is 6.07. The van der Waals surface area contributed by atoms with Gasteiger partial charge in [-0.25, -0.2) is 0 Å². The van der Waals surface area contributed by atoms with Crippen molar-refractivity contribution < 1.29 is 9.47 Å². The maximum Gasteiger partial charge on any atom is 0.163 e. The molecule has 2 aliphatic rings. The summed E-state index contributed by atoms with van der Waals surface area (Å²) in [5.74, 6) is 1.76. The third-order valence-electron chi connectivity index (χ3n) is 4.48. The van der Waals surface area contributed by atoms with Gasteiger partial charge in [-0.05, 0) is 38.3 Å². The van der Waals surface area contributed by atoms with E-state index in [-0.39, 0.29) is 0 Å². The van der Waals surface area contributed by atoms with E-state index in [9.17, 15) is 0 Å². The first-order valence-corrected chi connectivity index (χ1v) is 8.17. The molecule has 2 atom stereocenters. The second kappa shape index (κ2) is 6.56. The smallest absolute Gasteiger partial charge is 0.163 e. The van der Waals surface area contributed by atoms with E-state index in [1.54, 1.807) is 0 Å². The number of ether oxygens (including phenoxy) is 2. The summed E-state index contributed by atoms with van der Waals surface area (Å²) >= 11 is 0. The topological polar surface area (TPSA) is 33.7 Å². The van der Waals surface area contributed by atoms with Crippen LogP contribution in [-0.4, -0.2) is 38.4 Å². The highest BCUT2D eigenvalue weighted by Crippen LogP contribution is 2.34. The number of nitrogens with one attached hydrogen (secondary N) is 1. The molecule has 2 heterocycles. The van der Waals surface area contributed by atoms with Crippen LogP contribution in [0.1, 0.15) is 33.1 Å². The predicted molar refractivity (Wildman–Crippen MR) is 85.6 cm³/mol. The molecule has 1 aromatic carbocycles. The summed E-state index contributed by atoms with van der Waals surface area (Å²) in [7, 11) is 0. The Morgan fingerprint density at radius 2 is 1.90 bits per heavy atom. The summed E-state index contributed by atoms with van der Waals surface area (Å²) in [6.45, 7) is 8.03. The lowest BCUT2D eigenvalue weighted by atomic mass is 10.0. The average Bonchev–Trinajstić information content (AvgIpc) is 2.51. The van der Waals surface area contributed by atoms with Gasteiger partial charge < -0.3 is 19.7 Å². The van der Waals surface area contributed by atoms with Gasteiger partial charge in [0.2, 0.25) is 0 Å². The first-order chi connectivity index (χ1) is 10.3. The van der Waals surface area contributed by atoms with Gasteiger partial charge in [-0.2, -0.15) is 0 Å². The van der Waals surface area contributed by atoms with Crippen molar-refractivity contribution >= 4 is 5.69 Å². The quantitative estimate of drug-likeness (QED) is 0.908. The van der Waals surface area contributed by atoms with Crippen LogP contribution in [0.15, 0.2) is 18.2 Å². The molecule has 4 heteroatoms. The molecule has 2 unspecified atom stereocenters. The number of benzene rings is 1. The van der Waals surface area contributed by atoms with Crippen molar-refractivity contribution in [3.63, 3.8) is 0 Å². The molecule has 3 rings (SSSR count). The van der Waals surface area contributed by atoms with E-state index in [1.807, 2.05) is 6.07 Å². The van der Waals surface area contributed by atoms with Crippen LogP contribution in [-0.2, 0) is 0 Å². The lowest BCUT2D eigenvalue weighted by Crippen LogP contribution is -2.44. The highest BCUT2D eigenvalue weighted by atomic mass is 16.6. The number of rotatable bonds is 2. The molecule has 116 valence electrons. The highest BCUT2D eigenvalue weighted by Gasteiger charge is 2.19. The minimum absolute atomic E-state index is 0.579. The maximum atomic E-state index is 5.71. The molecule has 0 aromatic heterocycles. The van der Waals surface area contributed by atoms with Crippen LogP contribution in [0, 0.1) is 0 Å². The maximum absolute atomic E-state index is 5.71. The summed E-state index contributed by atoms with van der Waals surface area (Å²) in [4.78, 5) is 2.48. The molecule has 1 fully saturated rings. The van der Waals surface area contributed by atoms with Crippen molar-refractivity contribution in [3.05, 3.63) is 18.2 Å². The number of hydrogen-bond acceptors (Lipinski definition) is 4. The van der Waals surface area contributed by atoms with Crippen molar-refractivity contribution in [2.24, 2.45) is 0 Å². The van der Waals surface area contributed by atoms with Gasteiger partial charge in [0, 0.05) is 36.9 Å². The SMILES string of the molecule is CCC1CCN(c2ccc3c(c2)OCCO3)CCC(C)N1. The summed E-state index contributed by atoms with van der Waals surface area (Å²) in [5, 5.41) is 3.72. The van der Waals surface area contributed by atoms with Crippen molar-refractivity contribution in [2.75, 3.05) is 31.2 Å². The van der Waals surface area contributed by atoms with Crippen LogP contribution in [0.3, 0.4) is 0 Å². The lowest BCUT2D eigenvalue weighted by Gasteiger charge is -2.33. The Balaban J connectivity index is 1.75. The molecule has 0 spiro atoms. The Bertz CT molecular complexity index is 478. The van der Waals surface area contributed by atoms with Gasteiger partial charge in [-0.3, -0.25) is 0 Å². The molecule has 1 N–H and O–H groups in total. The molecule has 0 aliphatic carbocycles. The van der Waals surface area contributed by atoms with Crippen LogP contribution in [0.25, 0.3) is 0 Å². The molecule has 0 saturated carbocycles. The lowest BCUT2D eigenvalue weighted by molar-refractivity contribution is 0.171. The highest BCUT2D eigenvalue weighted by molar-refractivity contribution is 5.56. The molecule has 1 saturated heterocycles. The fourth-order valence-electron chi connectivity index (χ4n) is 3.15. The Labute approximate surface area is 127 Å². The van der Waals surface area contributed by atoms with Gasteiger partial charge in [-0.1, -0.05) is 6.92 Å². The Hall–Kier alpha value is -1.42. The normalized spacial score (nSPS) is 26.1. The average molecular weight is 290 g/mol. The van der Waals surface area contributed by atoms with E-state index >= 15 is 0 Å². The summed E-state index contributed by atoms with van der Waals surface area (Å²) in [6, 6.07) is 7.54. The van der Waals surface area contributed by atoms with Gasteiger partial charge >= 0.3 is 0 Å². The van der Waals surface area contributed by atoms with Crippen LogP contribution in [0.5, 0.6) is 11.5 Å².